The molecule has 0 spiro atoms. The first-order chi connectivity index (χ1) is 10.3. The number of hydrogen-bond donors (Lipinski definition) is 1. The van der Waals surface area contributed by atoms with Crippen molar-refractivity contribution in [1.29, 1.82) is 0 Å². The lowest BCUT2D eigenvalue weighted by Gasteiger charge is -2.08. The van der Waals surface area contributed by atoms with Gasteiger partial charge in [0.25, 0.3) is 0 Å². The van der Waals surface area contributed by atoms with Gasteiger partial charge in [-0.15, -0.1) is 0 Å². The van der Waals surface area contributed by atoms with Crippen LogP contribution < -0.4 is 4.74 Å². The fourth-order valence-corrected chi connectivity index (χ4v) is 2.10. The Bertz CT molecular complexity index is 774. The maximum Gasteiger partial charge on any atom is 0.165 e. The van der Waals surface area contributed by atoms with Crippen molar-refractivity contribution in [2.75, 3.05) is 0 Å². The Morgan fingerprint density at radius 1 is 1.05 bits per heavy atom. The average Bonchev–Trinajstić information content (AvgIpc) is 2.53. The van der Waals surface area contributed by atoms with E-state index in [0.29, 0.717) is 5.56 Å². The number of pyridine rings is 1. The van der Waals surface area contributed by atoms with Gasteiger partial charge in [0.2, 0.25) is 0 Å². The van der Waals surface area contributed by atoms with Crippen LogP contribution in [0, 0.1) is 5.82 Å². The summed E-state index contributed by atoms with van der Waals surface area (Å²) >= 11 is 0. The molecular formula is C17H14FNO2. The normalized spacial score (nSPS) is 10.8. The van der Waals surface area contributed by atoms with Crippen molar-refractivity contribution in [3.05, 3.63) is 71.7 Å². The van der Waals surface area contributed by atoms with Gasteiger partial charge in [0.1, 0.15) is 6.61 Å². The van der Waals surface area contributed by atoms with E-state index in [1.165, 1.54) is 12.1 Å². The Morgan fingerprint density at radius 3 is 2.71 bits per heavy atom. The monoisotopic (exact) mass is 283 g/mol. The predicted octanol–water partition coefficient (Wildman–Crippen LogP) is 3.45. The highest BCUT2D eigenvalue weighted by atomic mass is 19.1. The molecular weight excluding hydrogens is 269 g/mol. The van der Waals surface area contributed by atoms with Crippen LogP contribution >= 0.6 is 0 Å². The molecule has 21 heavy (non-hydrogen) atoms. The molecule has 1 aromatic heterocycles. The maximum atomic E-state index is 13.7. The number of ether oxygens (including phenoxy) is 1. The number of aliphatic hydroxyl groups is 1. The molecule has 0 aliphatic heterocycles. The molecule has 0 aliphatic carbocycles. The van der Waals surface area contributed by atoms with Gasteiger partial charge < -0.3 is 9.84 Å². The minimum Gasteiger partial charge on any atom is -0.484 e. The summed E-state index contributed by atoms with van der Waals surface area (Å²) in [5.74, 6) is -0.329. The molecule has 1 heterocycles. The predicted molar refractivity (Wildman–Crippen MR) is 78.4 cm³/mol. The van der Waals surface area contributed by atoms with Crippen LogP contribution in [0.15, 0.2) is 54.6 Å². The van der Waals surface area contributed by atoms with Crippen LogP contribution in [0.4, 0.5) is 4.39 Å². The van der Waals surface area contributed by atoms with Crippen molar-refractivity contribution >= 4 is 10.9 Å². The first-order valence-corrected chi connectivity index (χ1v) is 6.63. The van der Waals surface area contributed by atoms with Gasteiger partial charge in [0, 0.05) is 5.39 Å². The highest BCUT2D eigenvalue weighted by Crippen LogP contribution is 2.20. The molecule has 1 N–H and O–H groups in total. The number of benzene rings is 2. The van der Waals surface area contributed by atoms with Crippen molar-refractivity contribution in [3.63, 3.8) is 0 Å². The zero-order chi connectivity index (χ0) is 14.7. The molecule has 0 bridgehead atoms. The Balaban J connectivity index is 1.77. The second kappa shape index (κ2) is 5.89. The summed E-state index contributed by atoms with van der Waals surface area (Å²) < 4.78 is 19.2. The molecule has 0 radical (unpaired) electrons. The summed E-state index contributed by atoms with van der Waals surface area (Å²) in [6.07, 6.45) is 0. The second-order valence-corrected chi connectivity index (χ2v) is 4.71. The maximum absolute atomic E-state index is 13.7. The largest absolute Gasteiger partial charge is 0.484 e. The standard InChI is InChI=1S/C17H14FNO2/c18-15-9-12(10-20)5-8-17(15)21-11-14-7-6-13-3-1-2-4-16(13)19-14/h1-9,20H,10-11H2. The van der Waals surface area contributed by atoms with Crippen molar-refractivity contribution < 1.29 is 14.2 Å². The first-order valence-electron chi connectivity index (χ1n) is 6.63. The zero-order valence-electron chi connectivity index (χ0n) is 11.3. The van der Waals surface area contributed by atoms with Gasteiger partial charge in [-0.25, -0.2) is 9.37 Å². The van der Waals surface area contributed by atoms with E-state index in [1.807, 2.05) is 36.4 Å². The number of fused-ring (bicyclic) bond motifs is 1. The van der Waals surface area contributed by atoms with Crippen LogP contribution in [0.25, 0.3) is 10.9 Å². The molecule has 0 saturated carbocycles. The lowest BCUT2D eigenvalue weighted by Crippen LogP contribution is -2.00. The molecule has 3 rings (SSSR count). The lowest BCUT2D eigenvalue weighted by atomic mass is 10.2. The van der Waals surface area contributed by atoms with Crippen LogP contribution in [0.5, 0.6) is 5.75 Å². The number of rotatable bonds is 4. The third-order valence-corrected chi connectivity index (χ3v) is 3.21. The highest BCUT2D eigenvalue weighted by Gasteiger charge is 2.06. The fraction of sp³-hybridized carbons (Fsp3) is 0.118. The molecule has 2 aromatic carbocycles. The van der Waals surface area contributed by atoms with Crippen LogP contribution in [0.1, 0.15) is 11.3 Å². The van der Waals surface area contributed by atoms with Gasteiger partial charge in [0.05, 0.1) is 17.8 Å². The van der Waals surface area contributed by atoms with E-state index >= 15 is 0 Å². The number of aromatic nitrogens is 1. The molecule has 106 valence electrons. The van der Waals surface area contributed by atoms with Crippen LogP contribution in [0.3, 0.4) is 0 Å². The number of aliphatic hydroxyl groups excluding tert-OH is 1. The van der Waals surface area contributed by atoms with Gasteiger partial charge >= 0.3 is 0 Å². The summed E-state index contributed by atoms with van der Waals surface area (Å²) in [6, 6.07) is 16.0. The van der Waals surface area contributed by atoms with Crippen LogP contribution in [-0.2, 0) is 13.2 Å². The molecule has 0 saturated heterocycles. The van der Waals surface area contributed by atoms with Gasteiger partial charge in [0.15, 0.2) is 11.6 Å². The molecule has 3 nitrogen and oxygen atoms in total. The molecule has 0 fully saturated rings. The minimum absolute atomic E-state index is 0.155. The molecule has 0 atom stereocenters. The number of para-hydroxylation sites is 1. The molecule has 3 aromatic rings. The zero-order valence-corrected chi connectivity index (χ0v) is 11.3. The summed E-state index contributed by atoms with van der Waals surface area (Å²) in [4.78, 5) is 4.47. The molecule has 0 aliphatic rings. The van der Waals surface area contributed by atoms with Crippen LogP contribution in [-0.4, -0.2) is 10.1 Å². The summed E-state index contributed by atoms with van der Waals surface area (Å²) in [6.45, 7) is 0.00363. The van der Waals surface area contributed by atoms with E-state index in [4.69, 9.17) is 9.84 Å². The quantitative estimate of drug-likeness (QED) is 0.797. The number of nitrogens with zero attached hydrogens (tertiary/aromatic N) is 1. The third kappa shape index (κ3) is 3.01. The van der Waals surface area contributed by atoms with Crippen molar-refractivity contribution in [3.8, 4) is 5.75 Å². The van der Waals surface area contributed by atoms with E-state index in [0.717, 1.165) is 16.6 Å². The number of halogens is 1. The highest BCUT2D eigenvalue weighted by molar-refractivity contribution is 5.78. The molecule has 0 unspecified atom stereocenters. The van der Waals surface area contributed by atoms with Gasteiger partial charge in [-0.1, -0.05) is 30.3 Å². The van der Waals surface area contributed by atoms with Crippen molar-refractivity contribution in [2.45, 2.75) is 13.2 Å². The third-order valence-electron chi connectivity index (χ3n) is 3.21. The average molecular weight is 283 g/mol. The summed E-state index contributed by atoms with van der Waals surface area (Å²) in [5, 5.41) is 10.00. The fourth-order valence-electron chi connectivity index (χ4n) is 2.10. The van der Waals surface area contributed by atoms with Crippen LogP contribution in [0.2, 0.25) is 0 Å². The Morgan fingerprint density at radius 2 is 1.90 bits per heavy atom. The lowest BCUT2D eigenvalue weighted by molar-refractivity contribution is 0.275. The van der Waals surface area contributed by atoms with Crippen molar-refractivity contribution in [1.82, 2.24) is 4.98 Å². The molecule has 4 heteroatoms. The van der Waals surface area contributed by atoms with E-state index in [9.17, 15) is 4.39 Å². The van der Waals surface area contributed by atoms with Crippen molar-refractivity contribution in [2.24, 2.45) is 0 Å². The van der Waals surface area contributed by atoms with Gasteiger partial charge in [-0.2, -0.15) is 0 Å². The second-order valence-electron chi connectivity index (χ2n) is 4.71. The van der Waals surface area contributed by atoms with Gasteiger partial charge in [-0.05, 0) is 29.8 Å². The van der Waals surface area contributed by atoms with Gasteiger partial charge in [-0.3, -0.25) is 0 Å². The summed E-state index contributed by atoms with van der Waals surface area (Å²) in [5.41, 5.74) is 2.14. The smallest absolute Gasteiger partial charge is 0.165 e. The Labute approximate surface area is 121 Å². The first kappa shape index (κ1) is 13.5. The number of hydrogen-bond acceptors (Lipinski definition) is 3. The topological polar surface area (TPSA) is 42.4 Å². The van der Waals surface area contributed by atoms with E-state index in [1.54, 1.807) is 6.07 Å². The minimum atomic E-state index is -0.484. The van der Waals surface area contributed by atoms with E-state index in [2.05, 4.69) is 4.98 Å². The summed E-state index contributed by atoms with van der Waals surface area (Å²) in [7, 11) is 0. The SMILES string of the molecule is OCc1ccc(OCc2ccc3ccccc3n2)c(F)c1. The molecule has 0 amide bonds. The van der Waals surface area contributed by atoms with E-state index in [-0.39, 0.29) is 19.0 Å². The Hall–Kier alpha value is -2.46. The Kier molecular flexibility index (Phi) is 3.79. The van der Waals surface area contributed by atoms with E-state index < -0.39 is 5.82 Å².